The van der Waals surface area contributed by atoms with E-state index in [-0.39, 0.29) is 5.54 Å². The molecule has 1 rings (SSSR count). The van der Waals surface area contributed by atoms with Crippen molar-refractivity contribution in [2.45, 2.75) is 51.5 Å². The standard InChI is InChI=1S/C12H25NOSi/c1-6-12(2)7-8-13(12)11-14-9-10-15(3,4)5/h7-8H,6,9-11H2,1-5H3. The first-order valence-corrected chi connectivity index (χ1v) is 9.62. The number of hydrogen-bond acceptors (Lipinski definition) is 2. The molecule has 0 aromatic carbocycles. The zero-order valence-electron chi connectivity index (χ0n) is 10.8. The Balaban J connectivity index is 2.15. The fourth-order valence-corrected chi connectivity index (χ4v) is 2.24. The van der Waals surface area contributed by atoms with Gasteiger partial charge in [-0.05, 0) is 25.5 Å². The first kappa shape index (κ1) is 12.8. The molecule has 1 aliphatic rings. The Morgan fingerprint density at radius 1 is 1.33 bits per heavy atom. The van der Waals surface area contributed by atoms with Gasteiger partial charge < -0.3 is 9.64 Å². The van der Waals surface area contributed by atoms with Crippen LogP contribution in [0.2, 0.25) is 25.7 Å². The Morgan fingerprint density at radius 3 is 2.40 bits per heavy atom. The SMILES string of the molecule is CCC1(C)C=CN1COCC[Si](C)(C)C. The molecule has 0 radical (unpaired) electrons. The van der Waals surface area contributed by atoms with Crippen LogP contribution >= 0.6 is 0 Å². The zero-order valence-corrected chi connectivity index (χ0v) is 11.8. The van der Waals surface area contributed by atoms with E-state index in [4.69, 9.17) is 4.74 Å². The Labute approximate surface area is 95.3 Å². The predicted octanol–water partition coefficient (Wildman–Crippen LogP) is 3.30. The highest BCUT2D eigenvalue weighted by Crippen LogP contribution is 2.29. The van der Waals surface area contributed by atoms with Crippen LogP contribution in [-0.4, -0.2) is 31.9 Å². The van der Waals surface area contributed by atoms with E-state index in [0.717, 1.165) is 19.8 Å². The summed E-state index contributed by atoms with van der Waals surface area (Å²) in [5.41, 5.74) is 0.249. The summed E-state index contributed by atoms with van der Waals surface area (Å²) in [7, 11) is -0.927. The fraction of sp³-hybridized carbons (Fsp3) is 0.833. The lowest BCUT2D eigenvalue weighted by Crippen LogP contribution is -2.48. The summed E-state index contributed by atoms with van der Waals surface area (Å²) in [6.07, 6.45) is 5.55. The zero-order chi connectivity index (χ0) is 11.5. The number of nitrogens with zero attached hydrogens (tertiary/aromatic N) is 1. The van der Waals surface area contributed by atoms with Crippen LogP contribution in [0.15, 0.2) is 12.3 Å². The third kappa shape index (κ3) is 3.65. The highest BCUT2D eigenvalue weighted by Gasteiger charge is 2.31. The molecule has 0 aromatic rings. The summed E-state index contributed by atoms with van der Waals surface area (Å²) >= 11 is 0. The van der Waals surface area contributed by atoms with Crippen molar-refractivity contribution in [3.63, 3.8) is 0 Å². The molecule has 0 saturated heterocycles. The molecule has 15 heavy (non-hydrogen) atoms. The molecule has 1 atom stereocenters. The normalized spacial score (nSPS) is 25.5. The van der Waals surface area contributed by atoms with Gasteiger partial charge in [0.15, 0.2) is 0 Å². The highest BCUT2D eigenvalue weighted by atomic mass is 28.3. The highest BCUT2D eigenvalue weighted by molar-refractivity contribution is 6.76. The van der Waals surface area contributed by atoms with Crippen molar-refractivity contribution < 1.29 is 4.74 Å². The van der Waals surface area contributed by atoms with E-state index in [9.17, 15) is 0 Å². The number of hydrogen-bond donors (Lipinski definition) is 0. The van der Waals surface area contributed by atoms with Crippen LogP contribution in [0.1, 0.15) is 20.3 Å². The molecule has 0 aromatic heterocycles. The minimum absolute atomic E-state index is 0.249. The quantitative estimate of drug-likeness (QED) is 0.510. The summed E-state index contributed by atoms with van der Waals surface area (Å²) in [6, 6.07) is 1.26. The smallest absolute Gasteiger partial charge is 0.119 e. The predicted molar refractivity (Wildman–Crippen MR) is 68.6 cm³/mol. The summed E-state index contributed by atoms with van der Waals surface area (Å²) in [4.78, 5) is 2.29. The molecule has 1 unspecified atom stereocenters. The second-order valence-corrected chi connectivity index (χ2v) is 11.5. The van der Waals surface area contributed by atoms with Gasteiger partial charge in [0.1, 0.15) is 6.73 Å². The summed E-state index contributed by atoms with van der Waals surface area (Å²) in [5, 5.41) is 0. The molecule has 3 heteroatoms. The van der Waals surface area contributed by atoms with Gasteiger partial charge in [-0.25, -0.2) is 0 Å². The van der Waals surface area contributed by atoms with Crippen LogP contribution in [0.5, 0.6) is 0 Å². The lowest BCUT2D eigenvalue weighted by atomic mass is 9.92. The topological polar surface area (TPSA) is 12.5 Å². The van der Waals surface area contributed by atoms with E-state index >= 15 is 0 Å². The summed E-state index contributed by atoms with van der Waals surface area (Å²) in [6.45, 7) is 13.3. The minimum atomic E-state index is -0.927. The fourth-order valence-electron chi connectivity index (χ4n) is 1.49. The molecule has 0 fully saturated rings. The molecule has 0 amide bonds. The Bertz CT molecular complexity index is 234. The maximum atomic E-state index is 5.72. The van der Waals surface area contributed by atoms with Gasteiger partial charge in [0, 0.05) is 20.9 Å². The van der Waals surface area contributed by atoms with Crippen molar-refractivity contribution in [1.29, 1.82) is 0 Å². The maximum absolute atomic E-state index is 5.72. The van der Waals surface area contributed by atoms with Crippen molar-refractivity contribution >= 4 is 8.07 Å². The Hall–Kier alpha value is -0.283. The van der Waals surface area contributed by atoms with Gasteiger partial charge in [0.2, 0.25) is 0 Å². The van der Waals surface area contributed by atoms with Gasteiger partial charge in [-0.15, -0.1) is 0 Å². The van der Waals surface area contributed by atoms with Crippen molar-refractivity contribution in [2.75, 3.05) is 13.3 Å². The molecular formula is C12H25NOSi. The monoisotopic (exact) mass is 227 g/mol. The minimum Gasteiger partial charge on any atom is -0.361 e. The maximum Gasteiger partial charge on any atom is 0.119 e. The van der Waals surface area contributed by atoms with Gasteiger partial charge in [-0.1, -0.05) is 26.6 Å². The Morgan fingerprint density at radius 2 is 2.00 bits per heavy atom. The lowest BCUT2D eigenvalue weighted by Gasteiger charge is -2.44. The molecule has 1 heterocycles. The third-order valence-corrected chi connectivity index (χ3v) is 4.92. The Kier molecular flexibility index (Phi) is 4.01. The van der Waals surface area contributed by atoms with Crippen LogP contribution in [0.25, 0.3) is 0 Å². The second kappa shape index (κ2) is 4.70. The number of ether oxygens (including phenoxy) is 1. The molecule has 0 N–H and O–H groups in total. The average molecular weight is 227 g/mol. The second-order valence-electron chi connectivity index (χ2n) is 5.84. The van der Waals surface area contributed by atoms with Crippen LogP contribution in [0.4, 0.5) is 0 Å². The van der Waals surface area contributed by atoms with Crippen molar-refractivity contribution in [3.8, 4) is 0 Å². The number of rotatable bonds is 6. The van der Waals surface area contributed by atoms with E-state index in [1.165, 1.54) is 6.04 Å². The van der Waals surface area contributed by atoms with Gasteiger partial charge in [0.05, 0.1) is 5.54 Å². The molecule has 0 saturated carbocycles. The largest absolute Gasteiger partial charge is 0.361 e. The first-order chi connectivity index (χ1) is 6.87. The van der Waals surface area contributed by atoms with E-state index in [0.29, 0.717) is 0 Å². The van der Waals surface area contributed by atoms with E-state index in [1.54, 1.807) is 0 Å². The van der Waals surface area contributed by atoms with Gasteiger partial charge in [-0.3, -0.25) is 0 Å². The van der Waals surface area contributed by atoms with Crippen LogP contribution in [0, 0.1) is 0 Å². The van der Waals surface area contributed by atoms with Crippen LogP contribution in [-0.2, 0) is 4.74 Å². The first-order valence-electron chi connectivity index (χ1n) is 5.91. The molecule has 88 valence electrons. The van der Waals surface area contributed by atoms with Gasteiger partial charge in [-0.2, -0.15) is 0 Å². The molecular weight excluding hydrogens is 202 g/mol. The summed E-state index contributed by atoms with van der Waals surface area (Å²) < 4.78 is 5.72. The van der Waals surface area contributed by atoms with Crippen molar-refractivity contribution in [1.82, 2.24) is 4.90 Å². The van der Waals surface area contributed by atoms with Crippen molar-refractivity contribution in [2.24, 2.45) is 0 Å². The molecule has 1 aliphatic heterocycles. The average Bonchev–Trinajstić information content (AvgIpc) is 2.12. The lowest BCUT2D eigenvalue weighted by molar-refractivity contribution is 0.00420. The van der Waals surface area contributed by atoms with E-state index < -0.39 is 8.07 Å². The third-order valence-electron chi connectivity index (χ3n) is 3.21. The van der Waals surface area contributed by atoms with E-state index in [1.807, 2.05) is 0 Å². The molecule has 0 aliphatic carbocycles. The van der Waals surface area contributed by atoms with Crippen LogP contribution < -0.4 is 0 Å². The van der Waals surface area contributed by atoms with Crippen LogP contribution in [0.3, 0.4) is 0 Å². The summed E-state index contributed by atoms with van der Waals surface area (Å²) in [5.74, 6) is 0. The molecule has 0 spiro atoms. The van der Waals surface area contributed by atoms with Crippen molar-refractivity contribution in [3.05, 3.63) is 12.3 Å². The van der Waals surface area contributed by atoms with Gasteiger partial charge in [0.25, 0.3) is 0 Å². The molecule has 2 nitrogen and oxygen atoms in total. The van der Waals surface area contributed by atoms with E-state index in [2.05, 4.69) is 50.7 Å². The molecule has 0 bridgehead atoms. The van der Waals surface area contributed by atoms with Gasteiger partial charge >= 0.3 is 0 Å².